The monoisotopic (exact) mass is 733 g/mol. The van der Waals surface area contributed by atoms with E-state index in [1.807, 2.05) is 69.5 Å². The number of rotatable bonds is 3. The van der Waals surface area contributed by atoms with Gasteiger partial charge in [0.25, 0.3) is 0 Å². The van der Waals surface area contributed by atoms with E-state index in [1.165, 1.54) is 0 Å². The Bertz CT molecular complexity index is 3700. The number of para-hydroxylation sites is 5. The molecule has 264 valence electrons. The Morgan fingerprint density at radius 2 is 0.737 bits per heavy atom. The molecule has 57 heavy (non-hydrogen) atoms. The van der Waals surface area contributed by atoms with Crippen LogP contribution in [0.25, 0.3) is 76.2 Å². The van der Waals surface area contributed by atoms with Crippen LogP contribution >= 0.6 is 0 Å². The Hall–Kier alpha value is -8.40. The second kappa shape index (κ2) is 11.6. The molecular formula is C48H23N5O4. The van der Waals surface area contributed by atoms with E-state index in [4.69, 9.17) is 0 Å². The van der Waals surface area contributed by atoms with Gasteiger partial charge in [-0.05, 0) is 97.1 Å². The molecule has 4 aromatic heterocycles. The van der Waals surface area contributed by atoms with Crippen molar-refractivity contribution in [3.05, 3.63) is 192 Å². The highest BCUT2D eigenvalue weighted by molar-refractivity contribution is 6.10. The fourth-order valence-electron chi connectivity index (χ4n) is 8.80. The topological polar surface area (TPSA) is 128 Å². The number of nitriles is 2. The van der Waals surface area contributed by atoms with Gasteiger partial charge in [0.15, 0.2) is 21.7 Å². The Balaban J connectivity index is 1.27. The summed E-state index contributed by atoms with van der Waals surface area (Å²) >= 11 is 0. The maximum Gasteiger partial charge on any atom is 0.197 e. The molecule has 7 aromatic carbocycles. The molecule has 0 saturated carbocycles. The molecule has 9 nitrogen and oxygen atoms in total. The van der Waals surface area contributed by atoms with Crippen molar-refractivity contribution in [3.8, 4) is 12.1 Å². The third kappa shape index (κ3) is 4.20. The minimum Gasteiger partial charge on any atom is -0.308 e. The van der Waals surface area contributed by atoms with E-state index in [2.05, 4.69) is 12.1 Å². The maximum absolute atomic E-state index is 14.5. The number of hydrogen-bond acceptors (Lipinski definition) is 7. The van der Waals surface area contributed by atoms with Gasteiger partial charge < -0.3 is 13.7 Å². The van der Waals surface area contributed by atoms with Crippen molar-refractivity contribution in [1.29, 1.82) is 10.5 Å². The Morgan fingerprint density at radius 1 is 0.386 bits per heavy atom. The molecule has 0 bridgehead atoms. The van der Waals surface area contributed by atoms with Crippen molar-refractivity contribution < 1.29 is 0 Å². The van der Waals surface area contributed by atoms with Gasteiger partial charge in [0.2, 0.25) is 0 Å². The van der Waals surface area contributed by atoms with E-state index < -0.39 is 0 Å². The average molecular weight is 734 g/mol. The first kappa shape index (κ1) is 32.1. The Kier molecular flexibility index (Phi) is 6.50. The molecule has 0 atom stereocenters. The van der Waals surface area contributed by atoms with Crippen LogP contribution in [0.5, 0.6) is 0 Å². The summed E-state index contributed by atoms with van der Waals surface area (Å²) in [6.07, 6.45) is 0. The number of nitrogens with zero attached hydrogens (tertiary/aromatic N) is 5. The van der Waals surface area contributed by atoms with Gasteiger partial charge in [0, 0.05) is 54.5 Å². The van der Waals surface area contributed by atoms with Crippen LogP contribution in [-0.4, -0.2) is 8.80 Å². The van der Waals surface area contributed by atoms with Gasteiger partial charge in [0.05, 0.1) is 49.9 Å². The van der Waals surface area contributed by atoms with Crippen molar-refractivity contribution in [3.63, 3.8) is 0 Å². The van der Waals surface area contributed by atoms with Crippen molar-refractivity contribution in [2.45, 2.75) is 0 Å². The molecule has 0 spiro atoms. The quantitative estimate of drug-likeness (QED) is 0.131. The zero-order chi connectivity index (χ0) is 38.7. The summed E-state index contributed by atoms with van der Waals surface area (Å²) in [7, 11) is 0. The van der Waals surface area contributed by atoms with Crippen LogP contribution in [0.2, 0.25) is 0 Å². The van der Waals surface area contributed by atoms with Crippen molar-refractivity contribution >= 4 is 93.3 Å². The highest BCUT2D eigenvalue weighted by atomic mass is 16.1. The largest absolute Gasteiger partial charge is 0.308 e. The summed E-state index contributed by atoms with van der Waals surface area (Å²) < 4.78 is 3.89. The summed E-state index contributed by atoms with van der Waals surface area (Å²) in [5.74, 6) is 0. The highest BCUT2D eigenvalue weighted by Gasteiger charge is 2.25. The normalized spacial score (nSPS) is 11.8. The molecule has 0 unspecified atom stereocenters. The summed E-state index contributed by atoms with van der Waals surface area (Å²) in [6.45, 7) is 0. The van der Waals surface area contributed by atoms with Gasteiger partial charge >= 0.3 is 0 Å². The van der Waals surface area contributed by atoms with E-state index in [1.54, 1.807) is 83.8 Å². The summed E-state index contributed by atoms with van der Waals surface area (Å²) in [4.78, 5) is 58.0. The molecule has 0 saturated heterocycles. The average Bonchev–Trinajstić information content (AvgIpc) is 3.26. The van der Waals surface area contributed by atoms with Crippen LogP contribution in [-0.2, 0) is 0 Å². The zero-order valence-electron chi connectivity index (χ0n) is 29.6. The predicted octanol–water partition coefficient (Wildman–Crippen LogP) is 8.64. The van der Waals surface area contributed by atoms with Crippen LogP contribution < -0.4 is 26.6 Å². The molecule has 11 rings (SSSR count). The lowest BCUT2D eigenvalue weighted by atomic mass is 10.0. The first-order valence-electron chi connectivity index (χ1n) is 18.1. The van der Waals surface area contributed by atoms with Crippen LogP contribution in [0.3, 0.4) is 0 Å². The lowest BCUT2D eigenvalue weighted by Gasteiger charge is -2.28. The molecule has 0 N–H and O–H groups in total. The van der Waals surface area contributed by atoms with E-state index in [0.29, 0.717) is 87.6 Å². The Labute approximate surface area is 320 Å². The zero-order valence-corrected chi connectivity index (χ0v) is 29.6. The molecule has 0 fully saturated rings. The molecule has 0 aliphatic rings. The number of hydrogen-bond donors (Lipinski definition) is 0. The standard InChI is InChI=1S/C48H23N5O4/c49-24-26-8-5-9-27(25-50)42(26)51(28-18-20-40-36(22-28)47(56)34-14-6-12-32-43(34)52(40)38-16-3-1-10-30(38)45(32)54)29-19-21-41-37(23-29)48(57)35-15-7-13-33-44(35)53(41)39-17-4-2-11-31(39)46(33)55/h1-23H. The van der Waals surface area contributed by atoms with E-state index in [9.17, 15) is 29.7 Å². The second-order valence-corrected chi connectivity index (χ2v) is 14.1. The van der Waals surface area contributed by atoms with Crippen LogP contribution in [0.1, 0.15) is 11.1 Å². The predicted molar refractivity (Wildman–Crippen MR) is 225 cm³/mol. The van der Waals surface area contributed by atoms with E-state index in [-0.39, 0.29) is 38.5 Å². The van der Waals surface area contributed by atoms with Crippen LogP contribution in [0, 0.1) is 22.7 Å². The summed E-state index contributed by atoms with van der Waals surface area (Å²) in [5, 5.41) is 24.2. The molecule has 0 radical (unpaired) electrons. The van der Waals surface area contributed by atoms with Crippen LogP contribution in [0.15, 0.2) is 159 Å². The third-order valence-corrected chi connectivity index (χ3v) is 11.2. The lowest BCUT2D eigenvalue weighted by Crippen LogP contribution is -2.17. The highest BCUT2D eigenvalue weighted by Crippen LogP contribution is 2.41. The molecule has 0 aliphatic heterocycles. The molecule has 0 amide bonds. The summed E-state index contributed by atoms with van der Waals surface area (Å²) in [5.41, 5.74) is 4.24. The second-order valence-electron chi connectivity index (χ2n) is 14.1. The smallest absolute Gasteiger partial charge is 0.197 e. The molecule has 0 aliphatic carbocycles. The van der Waals surface area contributed by atoms with Crippen molar-refractivity contribution in [2.75, 3.05) is 4.90 Å². The third-order valence-electron chi connectivity index (χ3n) is 11.2. The van der Waals surface area contributed by atoms with E-state index in [0.717, 1.165) is 0 Å². The molecule has 9 heteroatoms. The van der Waals surface area contributed by atoms with Gasteiger partial charge in [0.1, 0.15) is 12.1 Å². The first-order chi connectivity index (χ1) is 27.9. The first-order valence-corrected chi connectivity index (χ1v) is 18.1. The maximum atomic E-state index is 14.5. The van der Waals surface area contributed by atoms with Gasteiger partial charge in [-0.15, -0.1) is 0 Å². The number of aromatic nitrogens is 2. The Morgan fingerprint density at radius 3 is 1.16 bits per heavy atom. The van der Waals surface area contributed by atoms with Gasteiger partial charge in [-0.2, -0.15) is 10.5 Å². The minimum atomic E-state index is -0.285. The molecular weight excluding hydrogens is 711 g/mol. The van der Waals surface area contributed by atoms with Gasteiger partial charge in [-0.1, -0.05) is 42.5 Å². The van der Waals surface area contributed by atoms with Gasteiger partial charge in [-0.25, -0.2) is 0 Å². The van der Waals surface area contributed by atoms with Crippen molar-refractivity contribution in [1.82, 2.24) is 8.80 Å². The summed E-state index contributed by atoms with van der Waals surface area (Å²) in [6, 6.07) is 45.0. The fraction of sp³-hybridized carbons (Fsp3) is 0. The number of fused-ring (bicyclic) bond motifs is 8. The van der Waals surface area contributed by atoms with Crippen molar-refractivity contribution in [2.24, 2.45) is 0 Å². The fourth-order valence-corrected chi connectivity index (χ4v) is 8.80. The number of benzene rings is 7. The minimum absolute atomic E-state index is 0.157. The molecule has 4 heterocycles. The SMILES string of the molecule is N#Cc1cccc(C#N)c1N(c1ccc2c(c1)c(=O)c1cccc3c(=O)c4ccccc4n2c31)c1ccc2c(c1)c(=O)c1cccc3c(=O)c4ccccc4n2c31. The molecule has 11 aromatic rings. The number of anilines is 3. The lowest BCUT2D eigenvalue weighted by molar-refractivity contribution is 1.25. The van der Waals surface area contributed by atoms with Gasteiger partial charge in [-0.3, -0.25) is 19.2 Å². The number of pyridine rings is 4. The van der Waals surface area contributed by atoms with Crippen LogP contribution in [0.4, 0.5) is 17.1 Å². The van der Waals surface area contributed by atoms with E-state index >= 15 is 0 Å².